The van der Waals surface area contributed by atoms with Crippen molar-refractivity contribution in [2.45, 2.75) is 13.0 Å². The number of hydrogen-bond acceptors (Lipinski definition) is 2. The summed E-state index contributed by atoms with van der Waals surface area (Å²) in [6.07, 6.45) is 0. The Kier molecular flexibility index (Phi) is 4.57. The lowest BCUT2D eigenvalue weighted by Crippen LogP contribution is -2.45. The summed E-state index contributed by atoms with van der Waals surface area (Å²) in [6, 6.07) is 14.8. The average molecular weight is 341 g/mol. The lowest BCUT2D eigenvalue weighted by Gasteiger charge is -2.30. The van der Waals surface area contributed by atoms with E-state index in [0.717, 1.165) is 16.8 Å². The molecule has 1 heterocycles. The third-order valence-electron chi connectivity index (χ3n) is 3.75. The lowest BCUT2D eigenvalue weighted by molar-refractivity contribution is 0.239. The molecule has 1 aliphatic heterocycles. The molecule has 122 valence electrons. The number of nitrogens with one attached hydrogen (secondary N) is 3. The Bertz CT molecular complexity index is 803. The highest BCUT2D eigenvalue weighted by Crippen LogP contribution is 2.28. The normalized spacial score (nSPS) is 17.1. The fraction of sp³-hybridized carbons (Fsp3) is 0.111. The molecule has 24 heavy (non-hydrogen) atoms. The maximum Gasteiger partial charge on any atom is 0.319 e. The monoisotopic (exact) mass is 341 g/mol. The van der Waals surface area contributed by atoms with Crippen molar-refractivity contribution in [3.63, 3.8) is 0 Å². The zero-order valence-electron chi connectivity index (χ0n) is 13.0. The van der Waals surface area contributed by atoms with E-state index in [1.165, 1.54) is 12.1 Å². The Morgan fingerprint density at radius 2 is 1.79 bits per heavy atom. The maximum atomic E-state index is 13.2. The molecular formula is C18H16FN3OS. The summed E-state index contributed by atoms with van der Waals surface area (Å²) in [5.41, 5.74) is 3.04. The van der Waals surface area contributed by atoms with E-state index in [1.807, 2.05) is 30.3 Å². The van der Waals surface area contributed by atoms with Gasteiger partial charge in [-0.2, -0.15) is 0 Å². The second kappa shape index (κ2) is 6.80. The molecule has 2 aromatic rings. The van der Waals surface area contributed by atoms with Crippen molar-refractivity contribution in [1.82, 2.24) is 10.6 Å². The van der Waals surface area contributed by atoms with Crippen molar-refractivity contribution in [3.8, 4) is 0 Å². The van der Waals surface area contributed by atoms with Gasteiger partial charge in [0.05, 0.1) is 6.04 Å². The van der Waals surface area contributed by atoms with Gasteiger partial charge in [-0.1, -0.05) is 42.5 Å². The number of anilines is 1. The molecule has 4 nitrogen and oxygen atoms in total. The number of carbonyl (C=O) groups is 1. The summed E-state index contributed by atoms with van der Waals surface area (Å²) in [6.45, 7) is 1.80. The third kappa shape index (κ3) is 3.44. The van der Waals surface area contributed by atoms with E-state index in [2.05, 4.69) is 16.0 Å². The fourth-order valence-electron chi connectivity index (χ4n) is 2.62. The van der Waals surface area contributed by atoms with Gasteiger partial charge in [0.2, 0.25) is 0 Å². The number of para-hydroxylation sites is 1. The number of urea groups is 1. The van der Waals surface area contributed by atoms with Crippen molar-refractivity contribution in [2.75, 3.05) is 5.32 Å². The second-order valence-electron chi connectivity index (χ2n) is 5.44. The van der Waals surface area contributed by atoms with Crippen LogP contribution in [-0.4, -0.2) is 11.0 Å². The summed E-state index contributed by atoms with van der Waals surface area (Å²) < 4.78 is 13.2. The zero-order chi connectivity index (χ0) is 17.1. The second-order valence-corrected chi connectivity index (χ2v) is 5.85. The number of allylic oxidation sites excluding steroid dienone is 1. The van der Waals surface area contributed by atoms with Gasteiger partial charge in [-0.05, 0) is 36.8 Å². The van der Waals surface area contributed by atoms with Crippen LogP contribution in [0.5, 0.6) is 0 Å². The summed E-state index contributed by atoms with van der Waals surface area (Å²) in [7, 11) is 0. The van der Waals surface area contributed by atoms with Crippen LogP contribution in [0, 0.1) is 5.82 Å². The van der Waals surface area contributed by atoms with Gasteiger partial charge in [0.15, 0.2) is 0 Å². The van der Waals surface area contributed by atoms with E-state index >= 15 is 0 Å². The quantitative estimate of drug-likeness (QED) is 0.742. The van der Waals surface area contributed by atoms with Crippen LogP contribution in [0.15, 0.2) is 65.9 Å². The SMILES string of the molecule is CC1=C(C(=S)Nc2ccccc2)C(c2ccc(F)cc2)NC(=O)N1. The highest BCUT2D eigenvalue weighted by molar-refractivity contribution is 7.81. The van der Waals surface area contributed by atoms with Crippen molar-refractivity contribution < 1.29 is 9.18 Å². The topological polar surface area (TPSA) is 53.2 Å². The molecule has 0 bridgehead atoms. The van der Waals surface area contributed by atoms with Gasteiger partial charge in [-0.3, -0.25) is 0 Å². The molecule has 3 rings (SSSR count). The van der Waals surface area contributed by atoms with Crippen LogP contribution in [0.4, 0.5) is 14.9 Å². The minimum Gasteiger partial charge on any atom is -0.346 e. The first-order valence-corrected chi connectivity index (χ1v) is 7.85. The summed E-state index contributed by atoms with van der Waals surface area (Å²) in [5, 5.41) is 8.75. The van der Waals surface area contributed by atoms with Crippen LogP contribution in [0.25, 0.3) is 0 Å². The molecule has 0 fully saturated rings. The predicted octanol–water partition coefficient (Wildman–Crippen LogP) is 3.89. The van der Waals surface area contributed by atoms with Gasteiger partial charge in [0.25, 0.3) is 0 Å². The number of benzene rings is 2. The van der Waals surface area contributed by atoms with Gasteiger partial charge in [0.1, 0.15) is 10.8 Å². The minimum atomic E-state index is -0.442. The first-order valence-electron chi connectivity index (χ1n) is 7.45. The molecule has 0 saturated carbocycles. The molecule has 1 atom stereocenters. The van der Waals surface area contributed by atoms with Gasteiger partial charge in [-0.15, -0.1) is 0 Å². The highest BCUT2D eigenvalue weighted by Gasteiger charge is 2.29. The van der Waals surface area contributed by atoms with Crippen LogP contribution < -0.4 is 16.0 Å². The predicted molar refractivity (Wildman–Crippen MR) is 96.2 cm³/mol. The largest absolute Gasteiger partial charge is 0.346 e. The molecule has 1 aliphatic rings. The van der Waals surface area contributed by atoms with E-state index in [4.69, 9.17) is 12.2 Å². The van der Waals surface area contributed by atoms with Gasteiger partial charge in [-0.25, -0.2) is 9.18 Å². The minimum absolute atomic E-state index is 0.312. The van der Waals surface area contributed by atoms with Crippen molar-refractivity contribution in [3.05, 3.63) is 77.2 Å². The van der Waals surface area contributed by atoms with Gasteiger partial charge < -0.3 is 16.0 Å². The third-order valence-corrected chi connectivity index (χ3v) is 4.07. The molecule has 2 amide bonds. The first kappa shape index (κ1) is 16.1. The Balaban J connectivity index is 1.94. The summed E-state index contributed by atoms with van der Waals surface area (Å²) in [5.74, 6) is -0.328. The molecule has 1 unspecified atom stereocenters. The molecule has 6 heteroatoms. The fourth-order valence-corrected chi connectivity index (χ4v) is 3.01. The van der Waals surface area contributed by atoms with Crippen LogP contribution in [0.2, 0.25) is 0 Å². The van der Waals surface area contributed by atoms with Crippen LogP contribution >= 0.6 is 12.2 Å². The number of halogens is 1. The average Bonchev–Trinajstić information content (AvgIpc) is 2.55. The number of carbonyl (C=O) groups excluding carboxylic acids is 1. The molecule has 0 saturated heterocycles. The molecule has 0 radical (unpaired) electrons. The molecule has 0 aromatic heterocycles. The smallest absolute Gasteiger partial charge is 0.319 e. The highest BCUT2D eigenvalue weighted by atomic mass is 32.1. The van der Waals surface area contributed by atoms with Crippen molar-refractivity contribution >= 4 is 28.9 Å². The van der Waals surface area contributed by atoms with Crippen molar-refractivity contribution in [2.24, 2.45) is 0 Å². The molecular weight excluding hydrogens is 325 g/mol. The van der Waals surface area contributed by atoms with Crippen LogP contribution in [0.3, 0.4) is 0 Å². The van der Waals surface area contributed by atoms with E-state index in [0.29, 0.717) is 10.7 Å². The first-order chi connectivity index (χ1) is 11.5. The maximum absolute atomic E-state index is 13.2. The number of thiocarbonyl (C=S) groups is 1. The molecule has 0 aliphatic carbocycles. The number of amides is 2. The van der Waals surface area contributed by atoms with Crippen LogP contribution in [0.1, 0.15) is 18.5 Å². The molecule has 0 spiro atoms. The summed E-state index contributed by atoms with van der Waals surface area (Å²) in [4.78, 5) is 12.4. The van der Waals surface area contributed by atoms with E-state index < -0.39 is 6.04 Å². The molecule has 3 N–H and O–H groups in total. The Morgan fingerprint density at radius 3 is 2.46 bits per heavy atom. The van der Waals surface area contributed by atoms with E-state index in [-0.39, 0.29) is 11.8 Å². The standard InChI is InChI=1S/C18H16FN3OS/c1-11-15(17(24)21-14-5-3-2-4-6-14)16(22-18(23)20-11)12-7-9-13(19)10-8-12/h2-10,16H,1H3,(H,21,24)(H2,20,22,23). The van der Waals surface area contributed by atoms with Gasteiger partial charge in [0, 0.05) is 17.0 Å². The van der Waals surface area contributed by atoms with Crippen LogP contribution in [-0.2, 0) is 0 Å². The van der Waals surface area contributed by atoms with E-state index in [9.17, 15) is 9.18 Å². The Morgan fingerprint density at radius 1 is 1.12 bits per heavy atom. The lowest BCUT2D eigenvalue weighted by atomic mass is 9.95. The number of rotatable bonds is 3. The number of hydrogen-bond donors (Lipinski definition) is 3. The van der Waals surface area contributed by atoms with E-state index in [1.54, 1.807) is 19.1 Å². The Hall–Kier alpha value is -2.73. The molecule has 2 aromatic carbocycles. The van der Waals surface area contributed by atoms with Gasteiger partial charge >= 0.3 is 6.03 Å². The Labute approximate surface area is 144 Å². The summed E-state index contributed by atoms with van der Waals surface area (Å²) >= 11 is 5.54. The van der Waals surface area contributed by atoms with Crippen molar-refractivity contribution in [1.29, 1.82) is 0 Å². The zero-order valence-corrected chi connectivity index (χ0v) is 13.8.